The van der Waals surface area contributed by atoms with Gasteiger partial charge in [0.15, 0.2) is 0 Å². The van der Waals surface area contributed by atoms with E-state index in [0.717, 1.165) is 5.57 Å². The molecule has 186 valence electrons. The fourth-order valence-corrected chi connectivity index (χ4v) is 6.16. The van der Waals surface area contributed by atoms with E-state index in [1.165, 1.54) is 6.08 Å². The average molecular weight is 472 g/mol. The Labute approximate surface area is 201 Å². The Kier molecular flexibility index (Phi) is 7.60. The van der Waals surface area contributed by atoms with Gasteiger partial charge in [-0.1, -0.05) is 60.3 Å². The van der Waals surface area contributed by atoms with E-state index in [-0.39, 0.29) is 54.5 Å². The van der Waals surface area contributed by atoms with Crippen LogP contribution in [0.4, 0.5) is 0 Å². The number of carbonyl (C=O) groups excluding carboxylic acids is 1. The largest absolute Gasteiger partial charge is 0.391 e. The summed E-state index contributed by atoms with van der Waals surface area (Å²) < 4.78 is 0. The molecule has 1 amide bonds. The summed E-state index contributed by atoms with van der Waals surface area (Å²) in [6.07, 6.45) is 12.2. The molecule has 0 radical (unpaired) electrons. The van der Waals surface area contributed by atoms with Gasteiger partial charge in [-0.15, -0.1) is 0 Å². The lowest BCUT2D eigenvalue weighted by Gasteiger charge is -2.36. The lowest BCUT2D eigenvalue weighted by molar-refractivity contribution is -0.131. The molecule has 7 heteroatoms. The highest BCUT2D eigenvalue weighted by Gasteiger charge is 2.58. The van der Waals surface area contributed by atoms with Crippen LogP contribution in [-0.2, 0) is 4.79 Å². The number of hydrogen-bond donors (Lipinski definition) is 5. The van der Waals surface area contributed by atoms with Crippen LogP contribution >= 0.6 is 0 Å². The van der Waals surface area contributed by atoms with Crippen molar-refractivity contribution >= 4 is 5.91 Å². The normalized spacial score (nSPS) is 45.1. The van der Waals surface area contributed by atoms with Gasteiger partial charge in [0.2, 0.25) is 5.91 Å². The molecular formula is C27H37NO6. The molecule has 0 bridgehead atoms. The molecule has 4 aliphatic rings. The molecule has 7 nitrogen and oxygen atoms in total. The summed E-state index contributed by atoms with van der Waals surface area (Å²) in [7, 11) is 0. The van der Waals surface area contributed by atoms with Crippen LogP contribution in [0.3, 0.4) is 0 Å². The first kappa shape index (κ1) is 25.1. The lowest BCUT2D eigenvalue weighted by atomic mass is 9.67. The van der Waals surface area contributed by atoms with E-state index in [1.54, 1.807) is 18.2 Å². The predicted octanol–water partition coefficient (Wildman–Crippen LogP) is 1.24. The second-order valence-electron chi connectivity index (χ2n) is 10.3. The topological polar surface area (TPSA) is 121 Å². The monoisotopic (exact) mass is 471 g/mol. The van der Waals surface area contributed by atoms with Crippen LogP contribution < -0.4 is 0 Å². The van der Waals surface area contributed by atoms with E-state index in [0.29, 0.717) is 6.42 Å². The van der Waals surface area contributed by atoms with Crippen molar-refractivity contribution in [3.05, 3.63) is 60.3 Å². The van der Waals surface area contributed by atoms with Gasteiger partial charge in [0.1, 0.15) is 6.10 Å². The predicted molar refractivity (Wildman–Crippen MR) is 128 cm³/mol. The first-order valence-corrected chi connectivity index (χ1v) is 12.3. The van der Waals surface area contributed by atoms with Crippen molar-refractivity contribution in [2.75, 3.05) is 0 Å². The molecule has 11 atom stereocenters. The van der Waals surface area contributed by atoms with E-state index in [1.807, 2.05) is 43.1 Å². The highest BCUT2D eigenvalue weighted by Crippen LogP contribution is 2.50. The zero-order valence-electron chi connectivity index (χ0n) is 19.8. The van der Waals surface area contributed by atoms with Crippen LogP contribution in [0, 0.1) is 23.7 Å². The van der Waals surface area contributed by atoms with Gasteiger partial charge in [-0.05, 0) is 32.6 Å². The van der Waals surface area contributed by atoms with Crippen molar-refractivity contribution in [1.29, 1.82) is 0 Å². The molecule has 2 heterocycles. The highest BCUT2D eigenvalue weighted by molar-refractivity contribution is 5.85. The number of hydrogen-bond acceptors (Lipinski definition) is 6. The first-order chi connectivity index (χ1) is 16.2. The maximum Gasteiger partial charge on any atom is 0.230 e. The minimum atomic E-state index is -1.38. The molecule has 0 aromatic rings. The van der Waals surface area contributed by atoms with Crippen LogP contribution in [0.5, 0.6) is 0 Å². The number of carbonyl (C=O) groups is 1. The number of nitrogens with zero attached hydrogens (tertiary/aromatic N) is 1. The van der Waals surface area contributed by atoms with E-state index >= 15 is 0 Å². The van der Waals surface area contributed by atoms with Gasteiger partial charge < -0.3 is 30.4 Å². The summed E-state index contributed by atoms with van der Waals surface area (Å²) in [4.78, 5) is 15.1. The van der Waals surface area contributed by atoms with E-state index in [4.69, 9.17) is 0 Å². The summed E-state index contributed by atoms with van der Waals surface area (Å²) in [5, 5.41) is 51.8. The van der Waals surface area contributed by atoms with Crippen molar-refractivity contribution in [3.63, 3.8) is 0 Å². The smallest absolute Gasteiger partial charge is 0.230 e. The molecule has 2 fully saturated rings. The molecule has 2 aliphatic carbocycles. The minimum absolute atomic E-state index is 0.0104. The first-order valence-electron chi connectivity index (χ1n) is 12.3. The molecule has 0 aromatic carbocycles. The van der Waals surface area contributed by atoms with Crippen LogP contribution in [0.2, 0.25) is 0 Å². The van der Waals surface area contributed by atoms with Crippen molar-refractivity contribution in [3.8, 4) is 0 Å². The second kappa shape index (κ2) is 10.3. The van der Waals surface area contributed by atoms with Crippen LogP contribution in [-0.4, -0.2) is 78.9 Å². The molecule has 34 heavy (non-hydrogen) atoms. The third-order valence-corrected chi connectivity index (χ3v) is 7.82. The molecule has 2 aliphatic heterocycles. The fraction of sp³-hybridized carbons (Fsp3) is 0.593. The Morgan fingerprint density at radius 1 is 0.912 bits per heavy atom. The third kappa shape index (κ3) is 4.86. The van der Waals surface area contributed by atoms with Gasteiger partial charge in [0, 0.05) is 24.3 Å². The SMILES string of the molecule is CC1=C[C@H]2[C@@H](C=CC[C@H](O)[C@H](O)[C@H](O)C[C@H](O)C=CC=C1)C=C[C@H]1C(=O)N3[C@H]([C@H]21)[C@@H](O)C[C@H]3C. The number of amides is 1. The van der Waals surface area contributed by atoms with Gasteiger partial charge in [0.05, 0.1) is 36.4 Å². The van der Waals surface area contributed by atoms with Gasteiger partial charge in [-0.3, -0.25) is 4.79 Å². The van der Waals surface area contributed by atoms with Gasteiger partial charge in [-0.2, -0.15) is 0 Å². The number of allylic oxidation sites excluding steroid dienone is 7. The Balaban J connectivity index is 1.69. The fourth-order valence-electron chi connectivity index (χ4n) is 6.16. The summed E-state index contributed by atoms with van der Waals surface area (Å²) in [6.45, 7) is 3.98. The summed E-state index contributed by atoms with van der Waals surface area (Å²) in [5.74, 6) is -0.335. The van der Waals surface area contributed by atoms with Crippen molar-refractivity contribution in [2.45, 2.75) is 75.7 Å². The second-order valence-corrected chi connectivity index (χ2v) is 10.3. The summed E-state index contributed by atoms with van der Waals surface area (Å²) in [6, 6.07) is -0.217. The van der Waals surface area contributed by atoms with Crippen LogP contribution in [0.1, 0.15) is 33.1 Å². The molecule has 4 rings (SSSR count). The number of rotatable bonds is 0. The number of aliphatic hydroxyl groups excluding tert-OH is 5. The quantitative estimate of drug-likeness (QED) is 0.339. The van der Waals surface area contributed by atoms with Gasteiger partial charge >= 0.3 is 0 Å². The zero-order chi connectivity index (χ0) is 24.6. The van der Waals surface area contributed by atoms with Crippen molar-refractivity contribution in [1.82, 2.24) is 4.90 Å². The Morgan fingerprint density at radius 2 is 1.68 bits per heavy atom. The van der Waals surface area contributed by atoms with E-state index < -0.39 is 30.5 Å². The maximum absolute atomic E-state index is 13.2. The summed E-state index contributed by atoms with van der Waals surface area (Å²) in [5.41, 5.74) is 1.01. The van der Waals surface area contributed by atoms with Gasteiger partial charge in [0.25, 0.3) is 0 Å². The highest BCUT2D eigenvalue weighted by atomic mass is 16.4. The van der Waals surface area contributed by atoms with E-state index in [2.05, 4.69) is 6.08 Å². The number of fused-ring (bicyclic) bond motifs is 5. The van der Waals surface area contributed by atoms with Crippen molar-refractivity contribution < 1.29 is 30.3 Å². The Bertz CT molecular complexity index is 907. The molecule has 0 spiro atoms. The van der Waals surface area contributed by atoms with Crippen molar-refractivity contribution in [2.24, 2.45) is 23.7 Å². The maximum atomic E-state index is 13.2. The molecule has 0 aromatic heterocycles. The molecule has 0 unspecified atom stereocenters. The zero-order valence-corrected chi connectivity index (χ0v) is 19.8. The molecule has 5 N–H and O–H groups in total. The standard InChI is InChI=1S/C27H37NO6/c1-15-6-3-4-8-18(29)14-23(32)26(33)21(30)9-5-7-17-10-11-19-24(20(17)12-15)25-22(31)13-16(2)28(25)27(19)34/h3-8,10-12,16-26,29-33H,9,13-14H2,1-2H3/t16-,17+,18-,19-,20+,21+,22+,23-,24+,25+,26+/m1/s1. The number of aliphatic hydroxyl groups is 5. The molecular weight excluding hydrogens is 434 g/mol. The van der Waals surface area contributed by atoms with Crippen LogP contribution in [0.15, 0.2) is 60.3 Å². The molecule has 2 saturated heterocycles. The average Bonchev–Trinajstić information content (AvgIpc) is 3.25. The minimum Gasteiger partial charge on any atom is -0.391 e. The lowest BCUT2D eigenvalue weighted by Crippen LogP contribution is -2.41. The van der Waals surface area contributed by atoms with E-state index in [9.17, 15) is 30.3 Å². The van der Waals surface area contributed by atoms with Gasteiger partial charge in [-0.25, -0.2) is 0 Å². The molecule has 0 saturated carbocycles. The summed E-state index contributed by atoms with van der Waals surface area (Å²) >= 11 is 0. The Hall–Kier alpha value is -2.03. The third-order valence-electron chi connectivity index (χ3n) is 7.82. The van der Waals surface area contributed by atoms with Crippen LogP contribution in [0.25, 0.3) is 0 Å². The Morgan fingerprint density at radius 3 is 2.44 bits per heavy atom.